The molecule has 9 atom stereocenters. The average Bonchev–Trinajstić information content (AvgIpc) is 3.67. The van der Waals surface area contributed by atoms with Crippen molar-refractivity contribution < 1.29 is 76.5 Å². The summed E-state index contributed by atoms with van der Waals surface area (Å²) >= 11 is 0. The lowest BCUT2D eigenvalue weighted by atomic mass is 10.1. The number of hydrogen-bond acceptors (Lipinski definition) is 17. The van der Waals surface area contributed by atoms with Gasteiger partial charge in [0.2, 0.25) is 0 Å². The van der Waals surface area contributed by atoms with Crippen molar-refractivity contribution in [1.29, 1.82) is 0 Å². The van der Waals surface area contributed by atoms with Gasteiger partial charge in [-0.1, -0.05) is 157 Å². The number of phosphoric acid groups is 2. The summed E-state index contributed by atoms with van der Waals surface area (Å²) in [6.07, 6.45) is 38.4. The van der Waals surface area contributed by atoms with Gasteiger partial charge in [0.05, 0.1) is 25.4 Å². The second kappa shape index (κ2) is 41.8. The molecule has 22 heteroatoms. The molecule has 20 nitrogen and oxygen atoms in total. The molecular formula is C55H89N3O17P2. The van der Waals surface area contributed by atoms with Crippen molar-refractivity contribution in [3.05, 3.63) is 108 Å². The number of allylic oxidation sites excluding steroid dienone is 11. The number of rotatable bonds is 44. The van der Waals surface area contributed by atoms with Crippen LogP contribution in [0.2, 0.25) is 0 Å². The summed E-state index contributed by atoms with van der Waals surface area (Å²) in [4.78, 5) is 62.1. The summed E-state index contributed by atoms with van der Waals surface area (Å²) in [5, 5.41) is 41.4. The summed E-state index contributed by atoms with van der Waals surface area (Å²) in [6, 6.07) is 1.23. The molecule has 77 heavy (non-hydrogen) atoms. The first-order chi connectivity index (χ1) is 37.0. The lowest BCUT2D eigenvalue weighted by Crippen LogP contribution is -2.36. The van der Waals surface area contributed by atoms with Crippen LogP contribution in [-0.4, -0.2) is 108 Å². The Morgan fingerprint density at radius 1 is 0.701 bits per heavy atom. The Bertz CT molecular complexity index is 2160. The van der Waals surface area contributed by atoms with E-state index in [0.29, 0.717) is 12.8 Å². The number of anilines is 1. The molecule has 1 saturated heterocycles. The van der Waals surface area contributed by atoms with Gasteiger partial charge >= 0.3 is 33.3 Å². The van der Waals surface area contributed by atoms with E-state index in [1.807, 2.05) is 6.08 Å². The third-order valence-corrected chi connectivity index (χ3v) is 14.5. The van der Waals surface area contributed by atoms with Crippen LogP contribution in [0.1, 0.15) is 168 Å². The van der Waals surface area contributed by atoms with Gasteiger partial charge in [-0.3, -0.25) is 23.2 Å². The van der Waals surface area contributed by atoms with Crippen molar-refractivity contribution in [2.24, 2.45) is 0 Å². The topological polar surface area (TPSA) is 306 Å². The summed E-state index contributed by atoms with van der Waals surface area (Å²) in [5.41, 5.74) is 4.57. The quantitative estimate of drug-likeness (QED) is 0.0105. The summed E-state index contributed by atoms with van der Waals surface area (Å²) in [7, 11) is -11.0. The minimum Gasteiger partial charge on any atom is -0.462 e. The van der Waals surface area contributed by atoms with Crippen LogP contribution in [0.3, 0.4) is 0 Å². The molecule has 0 aliphatic carbocycles. The zero-order valence-electron chi connectivity index (χ0n) is 45.2. The van der Waals surface area contributed by atoms with E-state index in [0.717, 1.165) is 87.8 Å². The number of hydrogen-bond donors (Lipinski definition) is 7. The highest BCUT2D eigenvalue weighted by Crippen LogP contribution is 2.60. The van der Waals surface area contributed by atoms with Crippen molar-refractivity contribution >= 4 is 33.4 Å². The molecule has 2 unspecified atom stereocenters. The molecule has 2 heterocycles. The van der Waals surface area contributed by atoms with Gasteiger partial charge in [0, 0.05) is 19.0 Å². The number of nitrogen functional groups attached to an aromatic ring is 1. The maximum Gasteiger partial charge on any atom is 0.481 e. The molecule has 0 aromatic carbocycles. The molecule has 0 amide bonds. The number of unbranched alkanes of at least 4 members (excludes halogenated alkanes) is 13. The fourth-order valence-electron chi connectivity index (χ4n) is 7.57. The number of carbonyl (C=O) groups is 2. The van der Waals surface area contributed by atoms with Crippen molar-refractivity contribution in [2.75, 3.05) is 25.6 Å². The zero-order chi connectivity index (χ0) is 56.6. The molecule has 1 aliphatic rings. The number of phosphoric ester groups is 2. The standard InChI is InChI=1S/C55H89N3O17P2/c1-3-5-7-9-11-12-13-14-15-16-17-18-19-20-21-22-23-24-26-32-38-51(62)73-47(42-70-50(61)39-33-37-46(60)36-31-28-27-30-35-45(59)34-29-25-10-8-6-4-2)43-71-76(66,67)75-77(68,69)72-44-48-52(63)53(64)54(74-48)58-41-40-49(56)57-55(58)65/h12-13,15-16,18-19,25,27-31,35-36,40-41,45-48,52-54,59-60,63-64H,3-11,14,17,20-24,26,32-34,37-39,42-44H2,1-2H3,(H,66,67)(H,68,69)(H2,56,57,65)/b13-12-,16-15-,19-18-,28-27+,29-25-,35-30+,36-31-/t45-,46-,47-,48-,52-,53-,54-/m1/s1. The molecule has 0 bridgehead atoms. The van der Waals surface area contributed by atoms with Crippen LogP contribution in [0.25, 0.3) is 0 Å². The number of carbonyl (C=O) groups excluding carboxylic acids is 2. The van der Waals surface area contributed by atoms with Crippen molar-refractivity contribution in [2.45, 2.75) is 204 Å². The molecule has 1 fully saturated rings. The first-order valence-corrected chi connectivity index (χ1v) is 30.3. The van der Waals surface area contributed by atoms with E-state index in [9.17, 15) is 53.7 Å². The molecule has 0 radical (unpaired) electrons. The first-order valence-electron chi connectivity index (χ1n) is 27.3. The van der Waals surface area contributed by atoms with Crippen LogP contribution in [0.15, 0.2) is 102 Å². The van der Waals surface area contributed by atoms with Crippen LogP contribution < -0.4 is 11.4 Å². The fraction of sp³-hybridized carbons (Fsp3) is 0.636. The van der Waals surface area contributed by atoms with E-state index in [1.54, 1.807) is 30.4 Å². The van der Waals surface area contributed by atoms with E-state index < -0.39 is 95.9 Å². The first kappa shape index (κ1) is 69.0. The summed E-state index contributed by atoms with van der Waals surface area (Å²) < 4.78 is 56.7. The van der Waals surface area contributed by atoms with E-state index in [-0.39, 0.29) is 31.5 Å². The smallest absolute Gasteiger partial charge is 0.462 e. The molecule has 8 N–H and O–H groups in total. The second-order valence-corrected chi connectivity index (χ2v) is 21.8. The molecule has 0 spiro atoms. The Balaban J connectivity index is 1.85. The molecule has 1 aliphatic heterocycles. The summed E-state index contributed by atoms with van der Waals surface area (Å²) in [5.74, 6) is -1.57. The largest absolute Gasteiger partial charge is 0.481 e. The maximum atomic E-state index is 12.9. The minimum absolute atomic E-state index is 0.0216. The lowest BCUT2D eigenvalue weighted by Gasteiger charge is -2.21. The van der Waals surface area contributed by atoms with Gasteiger partial charge in [-0.05, 0) is 83.1 Å². The molecule has 1 aromatic rings. The highest BCUT2D eigenvalue weighted by atomic mass is 31.3. The van der Waals surface area contributed by atoms with Gasteiger partial charge in [-0.2, -0.15) is 9.29 Å². The number of ether oxygens (including phenoxy) is 3. The summed E-state index contributed by atoms with van der Waals surface area (Å²) in [6.45, 7) is 1.83. The van der Waals surface area contributed by atoms with E-state index in [2.05, 4.69) is 65.7 Å². The van der Waals surface area contributed by atoms with Gasteiger partial charge in [-0.25, -0.2) is 13.9 Å². The number of esters is 2. The van der Waals surface area contributed by atoms with Crippen molar-refractivity contribution in [3.63, 3.8) is 0 Å². The van der Waals surface area contributed by atoms with Crippen LogP contribution in [0, 0.1) is 0 Å². The van der Waals surface area contributed by atoms with Gasteiger partial charge in [0.15, 0.2) is 12.3 Å². The monoisotopic (exact) mass is 1130 g/mol. The molecule has 1 aromatic heterocycles. The highest BCUT2D eigenvalue weighted by Gasteiger charge is 2.46. The molecule has 0 saturated carbocycles. The molecule has 2 rings (SSSR count). The second-order valence-electron chi connectivity index (χ2n) is 18.8. The van der Waals surface area contributed by atoms with Crippen molar-refractivity contribution in [1.82, 2.24) is 9.55 Å². The molecule has 436 valence electrons. The third kappa shape index (κ3) is 34.5. The number of aromatic nitrogens is 2. The Kier molecular flexibility index (Phi) is 37.5. The Labute approximate surface area is 455 Å². The maximum absolute atomic E-state index is 12.9. The van der Waals surface area contributed by atoms with Gasteiger partial charge in [0.1, 0.15) is 30.7 Å². The predicted molar refractivity (Wildman–Crippen MR) is 296 cm³/mol. The van der Waals surface area contributed by atoms with Crippen molar-refractivity contribution in [3.8, 4) is 0 Å². The van der Waals surface area contributed by atoms with Crippen LogP contribution >= 0.6 is 15.6 Å². The van der Waals surface area contributed by atoms with E-state index in [1.165, 1.54) is 44.2 Å². The normalized spacial score (nSPS) is 20.1. The van der Waals surface area contributed by atoms with Crippen LogP contribution in [-0.2, 0) is 46.3 Å². The number of nitrogens with zero attached hydrogens (tertiary/aromatic N) is 2. The lowest BCUT2D eigenvalue weighted by molar-refractivity contribution is -0.161. The Morgan fingerprint density at radius 3 is 1.90 bits per heavy atom. The minimum atomic E-state index is -5.49. The predicted octanol–water partition coefficient (Wildman–Crippen LogP) is 9.78. The number of aliphatic hydroxyl groups excluding tert-OH is 4. The Morgan fingerprint density at radius 2 is 1.25 bits per heavy atom. The van der Waals surface area contributed by atoms with Gasteiger partial charge in [-0.15, -0.1) is 0 Å². The van der Waals surface area contributed by atoms with Crippen LogP contribution in [0.5, 0.6) is 0 Å². The van der Waals surface area contributed by atoms with Crippen LogP contribution in [0.4, 0.5) is 5.82 Å². The highest BCUT2D eigenvalue weighted by molar-refractivity contribution is 7.61. The third-order valence-electron chi connectivity index (χ3n) is 11.9. The van der Waals surface area contributed by atoms with E-state index >= 15 is 0 Å². The number of aliphatic hydroxyl groups is 4. The SMILES string of the molecule is CCCCC/C=C\C[C@@H](O)/C=C/C=C/C=C\[C@@H](O)CCCC(=O)OC[C@H](COP(=O)(O)OP(=O)(O)OC[C@H]1O[C@@H](n2ccc(N)nc2=O)[C@H](O)[C@@H]1O)OC(=O)CCCCCCCC/C=C\C/C=C\C/C=C\CCCCCC. The fourth-order valence-corrected chi connectivity index (χ4v) is 9.68. The van der Waals surface area contributed by atoms with E-state index in [4.69, 9.17) is 29.0 Å². The average molecular weight is 1130 g/mol. The zero-order valence-corrected chi connectivity index (χ0v) is 47.0. The van der Waals surface area contributed by atoms with Gasteiger partial charge in [0.25, 0.3) is 0 Å². The number of nitrogens with two attached hydrogens (primary N) is 1. The van der Waals surface area contributed by atoms with Gasteiger partial charge < -0.3 is 50.2 Å². The Hall–Kier alpha value is -4.14. The molecular weight excluding hydrogens is 1040 g/mol.